The van der Waals surface area contributed by atoms with Crippen molar-refractivity contribution in [3.05, 3.63) is 34.3 Å². The highest BCUT2D eigenvalue weighted by atomic mass is 79.9. The maximum Gasteiger partial charge on any atom is 0.295 e. The van der Waals surface area contributed by atoms with Gasteiger partial charge in [-0.15, -0.1) is 5.10 Å². The fourth-order valence-corrected chi connectivity index (χ4v) is 1.95. The smallest absolute Gasteiger partial charge is 0.295 e. The Kier molecular flexibility index (Phi) is 4.39. The molecule has 0 radical (unpaired) electrons. The lowest BCUT2D eigenvalue weighted by atomic mass is 10.2. The van der Waals surface area contributed by atoms with Gasteiger partial charge in [-0.25, -0.2) is 4.98 Å². The van der Waals surface area contributed by atoms with Gasteiger partial charge in [-0.1, -0.05) is 29.8 Å². The van der Waals surface area contributed by atoms with Crippen molar-refractivity contribution in [2.75, 3.05) is 12.4 Å². The van der Waals surface area contributed by atoms with Gasteiger partial charge in [0.25, 0.3) is 5.91 Å². The van der Waals surface area contributed by atoms with E-state index in [2.05, 4.69) is 36.4 Å². The van der Waals surface area contributed by atoms with Crippen LogP contribution in [0.15, 0.2) is 22.7 Å². The minimum Gasteiger partial charge on any atom is -0.495 e. The van der Waals surface area contributed by atoms with Crippen LogP contribution < -0.4 is 10.1 Å². The normalized spacial score (nSPS) is 10.7. The topological polar surface area (TPSA) is 79.9 Å². The third kappa shape index (κ3) is 3.16. The molecule has 1 amide bonds. The summed E-state index contributed by atoms with van der Waals surface area (Å²) in [4.78, 5) is 16.3. The zero-order valence-corrected chi connectivity index (χ0v) is 13.0. The van der Waals surface area contributed by atoms with Gasteiger partial charge < -0.3 is 10.1 Å². The van der Waals surface area contributed by atoms with Crippen LogP contribution in [0.2, 0.25) is 0 Å². The number of nitrogens with one attached hydrogen (secondary N) is 2. The SMILES string of the molecule is COc1ccc(Br)cc1NC(=O)c1n[nH]c(C(C)C)n1. The second kappa shape index (κ2) is 6.04. The van der Waals surface area contributed by atoms with E-state index in [1.54, 1.807) is 19.2 Å². The van der Waals surface area contributed by atoms with E-state index in [-0.39, 0.29) is 17.6 Å². The minimum absolute atomic E-state index is 0.107. The van der Waals surface area contributed by atoms with E-state index < -0.39 is 0 Å². The van der Waals surface area contributed by atoms with Crippen LogP contribution in [0.1, 0.15) is 36.2 Å². The first kappa shape index (κ1) is 14.5. The zero-order chi connectivity index (χ0) is 14.7. The molecule has 1 aromatic carbocycles. The van der Waals surface area contributed by atoms with E-state index in [1.165, 1.54) is 0 Å². The van der Waals surface area contributed by atoms with E-state index in [9.17, 15) is 4.79 Å². The van der Waals surface area contributed by atoms with Crippen LogP contribution in [0, 0.1) is 0 Å². The number of carbonyl (C=O) groups is 1. The maximum atomic E-state index is 12.1. The van der Waals surface area contributed by atoms with Crippen molar-refractivity contribution in [2.45, 2.75) is 19.8 Å². The number of hydrogen-bond acceptors (Lipinski definition) is 4. The molecule has 1 heterocycles. The lowest BCUT2D eigenvalue weighted by molar-refractivity contribution is 0.101. The van der Waals surface area contributed by atoms with Crippen molar-refractivity contribution >= 4 is 27.5 Å². The Morgan fingerprint density at radius 2 is 2.20 bits per heavy atom. The van der Waals surface area contributed by atoms with Gasteiger partial charge in [-0.3, -0.25) is 9.89 Å². The summed E-state index contributed by atoms with van der Waals surface area (Å²) in [7, 11) is 1.54. The molecule has 0 aliphatic rings. The summed E-state index contributed by atoms with van der Waals surface area (Å²) < 4.78 is 6.04. The number of aromatic nitrogens is 3. The molecular formula is C13H15BrN4O2. The van der Waals surface area contributed by atoms with Gasteiger partial charge in [-0.2, -0.15) is 0 Å². The van der Waals surface area contributed by atoms with Crippen LogP contribution in [0.25, 0.3) is 0 Å². The highest BCUT2D eigenvalue weighted by Crippen LogP contribution is 2.28. The molecule has 1 aromatic heterocycles. The minimum atomic E-state index is -0.385. The predicted octanol–water partition coefficient (Wildman–Crippen LogP) is 2.95. The second-order valence-electron chi connectivity index (χ2n) is 4.50. The van der Waals surface area contributed by atoms with Gasteiger partial charge in [0.05, 0.1) is 12.8 Å². The Hall–Kier alpha value is -1.89. The summed E-state index contributed by atoms with van der Waals surface area (Å²) in [6.45, 7) is 3.94. The highest BCUT2D eigenvalue weighted by molar-refractivity contribution is 9.10. The number of methoxy groups -OCH3 is 1. The number of aromatic amines is 1. The van der Waals surface area contributed by atoms with Gasteiger partial charge in [0, 0.05) is 10.4 Å². The quantitative estimate of drug-likeness (QED) is 0.898. The molecule has 0 bridgehead atoms. The van der Waals surface area contributed by atoms with Crippen molar-refractivity contribution < 1.29 is 9.53 Å². The van der Waals surface area contributed by atoms with Crippen LogP contribution in [0.3, 0.4) is 0 Å². The number of hydrogen-bond donors (Lipinski definition) is 2. The van der Waals surface area contributed by atoms with Gasteiger partial charge >= 0.3 is 0 Å². The van der Waals surface area contributed by atoms with Crippen molar-refractivity contribution in [3.63, 3.8) is 0 Å². The molecule has 7 heteroatoms. The van der Waals surface area contributed by atoms with Gasteiger partial charge in [0.15, 0.2) is 0 Å². The van der Waals surface area contributed by atoms with Crippen molar-refractivity contribution in [3.8, 4) is 5.75 Å². The Balaban J connectivity index is 2.20. The van der Waals surface area contributed by atoms with E-state index in [1.807, 2.05) is 19.9 Å². The molecule has 0 atom stereocenters. The molecule has 0 fully saturated rings. The molecule has 106 valence electrons. The highest BCUT2D eigenvalue weighted by Gasteiger charge is 2.16. The van der Waals surface area contributed by atoms with Crippen LogP contribution >= 0.6 is 15.9 Å². The number of benzene rings is 1. The molecule has 0 aliphatic heterocycles. The average molecular weight is 339 g/mol. The molecule has 0 saturated heterocycles. The zero-order valence-electron chi connectivity index (χ0n) is 11.4. The fraction of sp³-hybridized carbons (Fsp3) is 0.308. The number of halogens is 1. The van der Waals surface area contributed by atoms with Crippen LogP contribution in [0.5, 0.6) is 5.75 Å². The molecule has 6 nitrogen and oxygen atoms in total. The van der Waals surface area contributed by atoms with Crippen molar-refractivity contribution in [1.29, 1.82) is 0 Å². The standard InChI is InChI=1S/C13H15BrN4O2/c1-7(2)11-16-12(18-17-11)13(19)15-9-6-8(14)4-5-10(9)20-3/h4-7H,1-3H3,(H,15,19)(H,16,17,18). The molecule has 0 unspecified atom stereocenters. The average Bonchev–Trinajstić information content (AvgIpc) is 2.89. The summed E-state index contributed by atoms with van der Waals surface area (Å²) >= 11 is 3.35. The largest absolute Gasteiger partial charge is 0.495 e. The second-order valence-corrected chi connectivity index (χ2v) is 5.41. The molecule has 0 spiro atoms. The predicted molar refractivity (Wildman–Crippen MR) is 79.1 cm³/mol. The monoisotopic (exact) mass is 338 g/mol. The molecule has 20 heavy (non-hydrogen) atoms. The van der Waals surface area contributed by atoms with Gasteiger partial charge in [0.2, 0.25) is 5.82 Å². The summed E-state index contributed by atoms with van der Waals surface area (Å²) in [5.74, 6) is 1.15. The first-order valence-corrected chi connectivity index (χ1v) is 6.87. The summed E-state index contributed by atoms with van der Waals surface area (Å²) in [5, 5.41) is 9.39. The maximum absolute atomic E-state index is 12.1. The number of rotatable bonds is 4. The lowest BCUT2D eigenvalue weighted by Gasteiger charge is -2.09. The molecular weight excluding hydrogens is 324 g/mol. The van der Waals surface area contributed by atoms with Crippen LogP contribution in [-0.4, -0.2) is 28.2 Å². The van der Waals surface area contributed by atoms with Crippen molar-refractivity contribution in [1.82, 2.24) is 15.2 Å². The number of nitrogens with zero attached hydrogens (tertiary/aromatic N) is 2. The van der Waals surface area contributed by atoms with E-state index in [4.69, 9.17) is 4.74 Å². The van der Waals surface area contributed by atoms with Crippen LogP contribution in [-0.2, 0) is 0 Å². The van der Waals surface area contributed by atoms with Gasteiger partial charge in [0.1, 0.15) is 11.6 Å². The Labute approximate surface area is 125 Å². The number of anilines is 1. The van der Waals surface area contributed by atoms with Crippen molar-refractivity contribution in [2.24, 2.45) is 0 Å². The number of amides is 1. The Morgan fingerprint density at radius 1 is 1.45 bits per heavy atom. The van der Waals surface area contributed by atoms with E-state index >= 15 is 0 Å². The third-order valence-corrected chi connectivity index (χ3v) is 3.16. The lowest BCUT2D eigenvalue weighted by Crippen LogP contribution is -2.14. The van der Waals surface area contributed by atoms with E-state index in [0.717, 1.165) is 4.47 Å². The number of carbonyl (C=O) groups excluding carboxylic acids is 1. The first-order chi connectivity index (χ1) is 9.51. The van der Waals surface area contributed by atoms with Gasteiger partial charge in [-0.05, 0) is 18.2 Å². The van der Waals surface area contributed by atoms with E-state index in [0.29, 0.717) is 17.3 Å². The molecule has 2 rings (SSSR count). The fourth-order valence-electron chi connectivity index (χ4n) is 1.59. The molecule has 0 saturated carbocycles. The number of ether oxygens (including phenoxy) is 1. The van der Waals surface area contributed by atoms with Crippen LogP contribution in [0.4, 0.5) is 5.69 Å². The Morgan fingerprint density at radius 3 is 2.80 bits per heavy atom. The Bertz CT molecular complexity index is 625. The molecule has 0 aliphatic carbocycles. The first-order valence-electron chi connectivity index (χ1n) is 6.08. The summed E-state index contributed by atoms with van der Waals surface area (Å²) in [5.41, 5.74) is 0.558. The molecule has 2 aromatic rings. The molecule has 2 N–H and O–H groups in total. The number of H-pyrrole nitrogens is 1. The summed E-state index contributed by atoms with van der Waals surface area (Å²) in [6.07, 6.45) is 0. The third-order valence-electron chi connectivity index (χ3n) is 2.66. The summed E-state index contributed by atoms with van der Waals surface area (Å²) in [6, 6.07) is 5.35.